The highest BCUT2D eigenvalue weighted by Crippen LogP contribution is 2.21. The average molecular weight is 209 g/mol. The Morgan fingerprint density at radius 1 is 1.36 bits per heavy atom. The Morgan fingerprint density at radius 2 is 2.14 bits per heavy atom. The second-order valence-corrected chi connectivity index (χ2v) is 4.71. The van der Waals surface area contributed by atoms with Crippen molar-refractivity contribution in [3.05, 3.63) is 29.8 Å². The van der Waals surface area contributed by atoms with Crippen LogP contribution in [-0.2, 0) is 6.61 Å². The molecular weight excluding hydrogens is 194 g/mol. The highest BCUT2D eigenvalue weighted by Gasteiger charge is 2.14. The minimum atomic E-state index is 0.125. The van der Waals surface area contributed by atoms with Crippen LogP contribution in [0.4, 0.5) is 5.69 Å². The SMILES string of the molecule is OCc1ccc(NC2CCSC2)cc1. The first-order valence-electron chi connectivity index (χ1n) is 4.92. The number of aliphatic hydroxyl groups is 1. The number of hydrogen-bond acceptors (Lipinski definition) is 3. The van der Waals surface area contributed by atoms with Crippen LogP contribution in [0.3, 0.4) is 0 Å². The molecule has 2 N–H and O–H groups in total. The maximum absolute atomic E-state index is 8.89. The summed E-state index contributed by atoms with van der Waals surface area (Å²) in [6.45, 7) is 0.125. The van der Waals surface area contributed by atoms with Gasteiger partial charge in [0.15, 0.2) is 0 Å². The minimum absolute atomic E-state index is 0.125. The summed E-state index contributed by atoms with van der Waals surface area (Å²) in [5.74, 6) is 2.48. The first kappa shape index (κ1) is 9.87. The lowest BCUT2D eigenvalue weighted by molar-refractivity contribution is 0.282. The topological polar surface area (TPSA) is 32.3 Å². The van der Waals surface area contributed by atoms with E-state index in [1.807, 2.05) is 36.0 Å². The Balaban J connectivity index is 1.95. The van der Waals surface area contributed by atoms with E-state index in [0.29, 0.717) is 6.04 Å². The fourth-order valence-corrected chi connectivity index (χ4v) is 2.74. The average Bonchev–Trinajstić information content (AvgIpc) is 2.72. The summed E-state index contributed by atoms with van der Waals surface area (Å²) in [5, 5.41) is 12.4. The smallest absolute Gasteiger partial charge is 0.0681 e. The maximum atomic E-state index is 8.89. The monoisotopic (exact) mass is 209 g/mol. The second kappa shape index (κ2) is 4.71. The molecule has 1 aromatic carbocycles. The molecule has 0 radical (unpaired) electrons. The molecule has 1 aliphatic heterocycles. The van der Waals surface area contributed by atoms with E-state index in [2.05, 4.69) is 5.32 Å². The van der Waals surface area contributed by atoms with Crippen molar-refractivity contribution in [1.29, 1.82) is 0 Å². The summed E-state index contributed by atoms with van der Waals surface area (Å²) in [6.07, 6.45) is 1.26. The highest BCUT2D eigenvalue weighted by atomic mass is 32.2. The summed E-state index contributed by atoms with van der Waals surface area (Å²) in [5.41, 5.74) is 2.13. The van der Waals surface area contributed by atoms with E-state index < -0.39 is 0 Å². The van der Waals surface area contributed by atoms with E-state index in [1.54, 1.807) is 0 Å². The second-order valence-electron chi connectivity index (χ2n) is 3.56. The standard InChI is InChI=1S/C11H15NOS/c13-7-9-1-3-10(4-2-9)12-11-5-6-14-8-11/h1-4,11-13H,5-8H2. The van der Waals surface area contributed by atoms with Gasteiger partial charge in [-0.3, -0.25) is 0 Å². The molecule has 0 spiro atoms. The predicted octanol–water partition coefficient (Wildman–Crippen LogP) is 2.10. The predicted molar refractivity (Wildman–Crippen MR) is 61.7 cm³/mol. The van der Waals surface area contributed by atoms with E-state index in [-0.39, 0.29) is 6.61 Å². The summed E-state index contributed by atoms with van der Waals surface area (Å²) in [7, 11) is 0. The third-order valence-electron chi connectivity index (χ3n) is 2.44. The van der Waals surface area contributed by atoms with E-state index in [9.17, 15) is 0 Å². The molecule has 2 rings (SSSR count). The number of hydrogen-bond donors (Lipinski definition) is 2. The van der Waals surface area contributed by atoms with Gasteiger partial charge >= 0.3 is 0 Å². The first-order chi connectivity index (χ1) is 6.88. The molecule has 0 amide bonds. The molecule has 0 saturated carbocycles. The summed E-state index contributed by atoms with van der Waals surface area (Å²) in [4.78, 5) is 0. The molecule has 1 saturated heterocycles. The van der Waals surface area contributed by atoms with Gasteiger partial charge in [-0.2, -0.15) is 11.8 Å². The van der Waals surface area contributed by atoms with Crippen molar-refractivity contribution in [2.75, 3.05) is 16.8 Å². The molecule has 1 heterocycles. The fraction of sp³-hybridized carbons (Fsp3) is 0.455. The Hall–Kier alpha value is -0.670. The number of nitrogens with one attached hydrogen (secondary N) is 1. The van der Waals surface area contributed by atoms with Crippen LogP contribution in [-0.4, -0.2) is 22.7 Å². The van der Waals surface area contributed by atoms with Crippen molar-refractivity contribution in [3.8, 4) is 0 Å². The molecule has 1 fully saturated rings. The van der Waals surface area contributed by atoms with Gasteiger partial charge in [0.1, 0.15) is 0 Å². The molecule has 0 bridgehead atoms. The number of aliphatic hydroxyl groups excluding tert-OH is 1. The fourth-order valence-electron chi connectivity index (χ4n) is 1.59. The van der Waals surface area contributed by atoms with Gasteiger partial charge in [-0.25, -0.2) is 0 Å². The van der Waals surface area contributed by atoms with Crippen molar-refractivity contribution in [1.82, 2.24) is 0 Å². The maximum Gasteiger partial charge on any atom is 0.0681 e. The summed E-state index contributed by atoms with van der Waals surface area (Å²) >= 11 is 2.01. The number of thioether (sulfide) groups is 1. The molecule has 1 aliphatic rings. The lowest BCUT2D eigenvalue weighted by Crippen LogP contribution is -2.17. The van der Waals surface area contributed by atoms with E-state index >= 15 is 0 Å². The highest BCUT2D eigenvalue weighted by molar-refractivity contribution is 7.99. The largest absolute Gasteiger partial charge is 0.392 e. The van der Waals surface area contributed by atoms with Gasteiger partial charge in [0.25, 0.3) is 0 Å². The molecule has 1 unspecified atom stereocenters. The molecule has 2 nitrogen and oxygen atoms in total. The lowest BCUT2D eigenvalue weighted by atomic mass is 10.2. The van der Waals surface area contributed by atoms with Crippen LogP contribution in [0.2, 0.25) is 0 Å². The van der Waals surface area contributed by atoms with Crippen molar-refractivity contribution >= 4 is 17.4 Å². The molecular formula is C11H15NOS. The van der Waals surface area contributed by atoms with Crippen molar-refractivity contribution < 1.29 is 5.11 Å². The van der Waals surface area contributed by atoms with Gasteiger partial charge in [-0.15, -0.1) is 0 Å². The Morgan fingerprint density at radius 3 is 2.71 bits per heavy atom. The molecule has 1 atom stereocenters. The van der Waals surface area contributed by atoms with E-state index in [1.165, 1.54) is 17.9 Å². The molecule has 0 aliphatic carbocycles. The van der Waals surface area contributed by atoms with Crippen LogP contribution < -0.4 is 5.32 Å². The number of rotatable bonds is 3. The molecule has 14 heavy (non-hydrogen) atoms. The van der Waals surface area contributed by atoms with Gasteiger partial charge in [-0.1, -0.05) is 12.1 Å². The van der Waals surface area contributed by atoms with E-state index in [0.717, 1.165) is 11.3 Å². The van der Waals surface area contributed by atoms with Crippen LogP contribution in [0.15, 0.2) is 24.3 Å². The van der Waals surface area contributed by atoms with Gasteiger partial charge in [0.2, 0.25) is 0 Å². The molecule has 0 aromatic heterocycles. The zero-order valence-corrected chi connectivity index (χ0v) is 8.89. The summed E-state index contributed by atoms with van der Waals surface area (Å²) < 4.78 is 0. The van der Waals surface area contributed by atoms with Crippen LogP contribution in [0.5, 0.6) is 0 Å². The van der Waals surface area contributed by atoms with Crippen molar-refractivity contribution in [2.24, 2.45) is 0 Å². The molecule has 76 valence electrons. The third-order valence-corrected chi connectivity index (χ3v) is 3.60. The van der Waals surface area contributed by atoms with Crippen LogP contribution in [0, 0.1) is 0 Å². The van der Waals surface area contributed by atoms with Crippen molar-refractivity contribution in [2.45, 2.75) is 19.1 Å². The van der Waals surface area contributed by atoms with E-state index in [4.69, 9.17) is 5.11 Å². The Labute approximate surface area is 88.7 Å². The Kier molecular flexibility index (Phi) is 3.32. The van der Waals surface area contributed by atoms with Gasteiger partial charge in [0, 0.05) is 17.5 Å². The summed E-state index contributed by atoms with van der Waals surface area (Å²) in [6, 6.07) is 8.62. The third kappa shape index (κ3) is 2.42. The Bertz CT molecular complexity index is 280. The van der Waals surface area contributed by atoms with Crippen LogP contribution in [0.25, 0.3) is 0 Å². The van der Waals surface area contributed by atoms with Crippen molar-refractivity contribution in [3.63, 3.8) is 0 Å². The molecule has 3 heteroatoms. The normalized spacial score (nSPS) is 21.1. The van der Waals surface area contributed by atoms with Gasteiger partial charge in [-0.05, 0) is 29.9 Å². The number of anilines is 1. The lowest BCUT2D eigenvalue weighted by Gasteiger charge is -2.12. The number of benzene rings is 1. The first-order valence-corrected chi connectivity index (χ1v) is 6.08. The zero-order valence-electron chi connectivity index (χ0n) is 8.07. The quantitative estimate of drug-likeness (QED) is 0.799. The van der Waals surface area contributed by atoms with Gasteiger partial charge < -0.3 is 10.4 Å². The van der Waals surface area contributed by atoms with Crippen LogP contribution in [0.1, 0.15) is 12.0 Å². The zero-order chi connectivity index (χ0) is 9.80. The minimum Gasteiger partial charge on any atom is -0.392 e. The van der Waals surface area contributed by atoms with Gasteiger partial charge in [0.05, 0.1) is 6.61 Å². The molecule has 1 aromatic rings. The van der Waals surface area contributed by atoms with Crippen LogP contribution >= 0.6 is 11.8 Å².